The van der Waals surface area contributed by atoms with E-state index in [1.807, 2.05) is 13.0 Å². The number of sulfonamides is 1. The van der Waals surface area contributed by atoms with E-state index in [4.69, 9.17) is 4.42 Å². The molecular formula is C24H28N4O4S. The predicted octanol–water partition coefficient (Wildman–Crippen LogP) is 4.29. The van der Waals surface area contributed by atoms with Gasteiger partial charge in [-0.3, -0.25) is 10.1 Å². The molecule has 0 atom stereocenters. The Morgan fingerprint density at radius 2 is 1.79 bits per heavy atom. The van der Waals surface area contributed by atoms with Crippen molar-refractivity contribution in [1.82, 2.24) is 14.5 Å². The van der Waals surface area contributed by atoms with Gasteiger partial charge in [0.2, 0.25) is 15.9 Å². The molecule has 0 saturated heterocycles. The highest BCUT2D eigenvalue weighted by Crippen LogP contribution is 2.27. The van der Waals surface area contributed by atoms with Crippen molar-refractivity contribution in [3.8, 4) is 11.5 Å². The van der Waals surface area contributed by atoms with Crippen LogP contribution in [0.1, 0.15) is 54.1 Å². The van der Waals surface area contributed by atoms with Gasteiger partial charge in [0.1, 0.15) is 0 Å². The highest BCUT2D eigenvalue weighted by atomic mass is 32.2. The fraction of sp³-hybridized carbons (Fsp3) is 0.375. The van der Waals surface area contributed by atoms with E-state index in [-0.39, 0.29) is 10.9 Å². The standard InChI is InChI=1S/C24H28N4O4S/c1-3-4-15-28(2)33(30,31)21-13-11-18(12-14-21)22(29)25-24-27-26-23(32-24)20-10-9-17-7-5-6-8-19(17)16-20/h9-14,16H,3-8,15H2,1-2H3,(H,25,27,29). The highest BCUT2D eigenvalue weighted by molar-refractivity contribution is 7.89. The fourth-order valence-corrected chi connectivity index (χ4v) is 5.09. The van der Waals surface area contributed by atoms with Crippen LogP contribution in [0.4, 0.5) is 6.01 Å². The number of nitrogens with zero attached hydrogens (tertiary/aromatic N) is 3. The Labute approximate surface area is 194 Å². The predicted molar refractivity (Wildman–Crippen MR) is 125 cm³/mol. The highest BCUT2D eigenvalue weighted by Gasteiger charge is 2.21. The van der Waals surface area contributed by atoms with E-state index in [0.717, 1.165) is 31.2 Å². The third-order valence-electron chi connectivity index (χ3n) is 5.89. The summed E-state index contributed by atoms with van der Waals surface area (Å²) >= 11 is 0. The van der Waals surface area contributed by atoms with E-state index in [2.05, 4.69) is 27.6 Å². The molecule has 33 heavy (non-hydrogen) atoms. The molecule has 1 aromatic heterocycles. The third-order valence-corrected chi connectivity index (χ3v) is 7.76. The summed E-state index contributed by atoms with van der Waals surface area (Å²) in [6.45, 7) is 2.46. The minimum absolute atomic E-state index is 0.0104. The van der Waals surface area contributed by atoms with E-state index in [1.165, 1.54) is 52.5 Å². The average molecular weight is 469 g/mol. The van der Waals surface area contributed by atoms with Crippen LogP contribution in [0.15, 0.2) is 51.8 Å². The minimum Gasteiger partial charge on any atom is -0.403 e. The summed E-state index contributed by atoms with van der Waals surface area (Å²) in [4.78, 5) is 12.7. The van der Waals surface area contributed by atoms with Gasteiger partial charge in [-0.15, -0.1) is 5.10 Å². The van der Waals surface area contributed by atoms with Crippen molar-refractivity contribution in [2.24, 2.45) is 0 Å². The number of unbranched alkanes of at least 4 members (excludes halogenated alkanes) is 1. The van der Waals surface area contributed by atoms with Gasteiger partial charge in [0.25, 0.3) is 5.91 Å². The Balaban J connectivity index is 1.43. The fourth-order valence-electron chi connectivity index (χ4n) is 3.89. The monoisotopic (exact) mass is 468 g/mol. The van der Waals surface area contributed by atoms with E-state index in [0.29, 0.717) is 18.0 Å². The second kappa shape index (κ2) is 9.84. The number of carbonyl (C=O) groups is 1. The van der Waals surface area contributed by atoms with Crippen LogP contribution in [0.3, 0.4) is 0 Å². The van der Waals surface area contributed by atoms with Gasteiger partial charge in [-0.2, -0.15) is 0 Å². The lowest BCUT2D eigenvalue weighted by Crippen LogP contribution is -2.28. The van der Waals surface area contributed by atoms with Crippen molar-refractivity contribution in [1.29, 1.82) is 0 Å². The van der Waals surface area contributed by atoms with Gasteiger partial charge < -0.3 is 4.42 Å². The zero-order valence-electron chi connectivity index (χ0n) is 18.9. The lowest BCUT2D eigenvalue weighted by molar-refractivity contribution is 0.102. The molecule has 174 valence electrons. The number of rotatable bonds is 8. The van der Waals surface area contributed by atoms with Crippen LogP contribution in [0.5, 0.6) is 0 Å². The molecule has 0 unspecified atom stereocenters. The molecule has 0 spiro atoms. The van der Waals surface area contributed by atoms with Crippen molar-refractivity contribution in [3.05, 3.63) is 59.2 Å². The smallest absolute Gasteiger partial charge is 0.322 e. The quantitative estimate of drug-likeness (QED) is 0.529. The summed E-state index contributed by atoms with van der Waals surface area (Å²) in [7, 11) is -2.03. The van der Waals surface area contributed by atoms with Crippen molar-refractivity contribution in [2.75, 3.05) is 18.9 Å². The van der Waals surface area contributed by atoms with Gasteiger partial charge in [0.15, 0.2) is 0 Å². The number of aromatic nitrogens is 2. The minimum atomic E-state index is -3.59. The zero-order valence-corrected chi connectivity index (χ0v) is 19.7. The summed E-state index contributed by atoms with van der Waals surface area (Å²) < 4.78 is 32.2. The molecule has 1 heterocycles. The van der Waals surface area contributed by atoms with Crippen LogP contribution in [0.2, 0.25) is 0 Å². The average Bonchev–Trinajstić information content (AvgIpc) is 3.30. The molecule has 4 rings (SSSR count). The molecule has 0 fully saturated rings. The van der Waals surface area contributed by atoms with Crippen molar-refractivity contribution < 1.29 is 17.6 Å². The van der Waals surface area contributed by atoms with Gasteiger partial charge in [0, 0.05) is 24.7 Å². The number of nitrogens with one attached hydrogen (secondary N) is 1. The number of carbonyl (C=O) groups excluding carboxylic acids is 1. The van der Waals surface area contributed by atoms with Crippen LogP contribution >= 0.6 is 0 Å². The van der Waals surface area contributed by atoms with Crippen molar-refractivity contribution in [2.45, 2.75) is 50.3 Å². The number of hydrogen-bond donors (Lipinski definition) is 1. The van der Waals surface area contributed by atoms with Crippen molar-refractivity contribution in [3.63, 3.8) is 0 Å². The van der Waals surface area contributed by atoms with Crippen LogP contribution in [-0.4, -0.2) is 42.4 Å². The number of anilines is 1. The molecule has 0 radical (unpaired) electrons. The first-order valence-corrected chi connectivity index (χ1v) is 12.7. The normalized spacial score (nSPS) is 13.7. The number of amides is 1. The van der Waals surface area contributed by atoms with Gasteiger partial charge in [-0.1, -0.05) is 24.5 Å². The second-order valence-electron chi connectivity index (χ2n) is 8.26. The number of aryl methyl sites for hydroxylation is 2. The van der Waals surface area contributed by atoms with Crippen molar-refractivity contribution >= 4 is 21.9 Å². The maximum Gasteiger partial charge on any atom is 0.322 e. The van der Waals surface area contributed by atoms with Gasteiger partial charge in [0.05, 0.1) is 4.90 Å². The molecule has 9 heteroatoms. The van der Waals surface area contributed by atoms with E-state index in [1.54, 1.807) is 7.05 Å². The molecule has 1 N–H and O–H groups in total. The Hall–Kier alpha value is -3.04. The van der Waals surface area contributed by atoms with Crippen LogP contribution in [0.25, 0.3) is 11.5 Å². The SMILES string of the molecule is CCCCN(C)S(=O)(=O)c1ccc(C(=O)Nc2nnc(-c3ccc4c(c3)CCCC4)o2)cc1. The summed E-state index contributed by atoms with van der Waals surface area (Å²) in [5.74, 6) is -0.117. The molecule has 1 aliphatic carbocycles. The topological polar surface area (TPSA) is 105 Å². The lowest BCUT2D eigenvalue weighted by atomic mass is 9.90. The summed E-state index contributed by atoms with van der Waals surface area (Å²) in [6, 6.07) is 11.9. The van der Waals surface area contributed by atoms with Gasteiger partial charge in [-0.25, -0.2) is 12.7 Å². The maximum absolute atomic E-state index is 12.6. The second-order valence-corrected chi connectivity index (χ2v) is 10.3. The summed E-state index contributed by atoms with van der Waals surface area (Å²) in [5.41, 5.74) is 3.78. The number of benzene rings is 2. The Morgan fingerprint density at radius 1 is 1.06 bits per heavy atom. The van der Waals surface area contributed by atoms with Crippen LogP contribution in [0, 0.1) is 0 Å². The molecule has 1 aliphatic rings. The van der Waals surface area contributed by atoms with Crippen LogP contribution < -0.4 is 5.32 Å². The Bertz CT molecular complexity index is 1240. The summed E-state index contributed by atoms with van der Waals surface area (Å²) in [6.07, 6.45) is 6.22. The largest absolute Gasteiger partial charge is 0.403 e. The zero-order chi connectivity index (χ0) is 23.4. The maximum atomic E-state index is 12.6. The lowest BCUT2D eigenvalue weighted by Gasteiger charge is -2.16. The molecule has 8 nitrogen and oxygen atoms in total. The first kappa shape index (κ1) is 23.1. The number of fused-ring (bicyclic) bond motifs is 1. The van der Waals surface area contributed by atoms with Gasteiger partial charge >= 0.3 is 6.01 Å². The Kier molecular flexibility index (Phi) is 6.90. The molecule has 1 amide bonds. The van der Waals surface area contributed by atoms with Gasteiger partial charge in [-0.05, 0) is 79.6 Å². The molecule has 0 aliphatic heterocycles. The number of hydrogen-bond acceptors (Lipinski definition) is 6. The molecule has 0 saturated carbocycles. The molecule has 2 aromatic carbocycles. The third kappa shape index (κ3) is 5.15. The first-order valence-electron chi connectivity index (χ1n) is 11.2. The molecule has 0 bridgehead atoms. The first-order chi connectivity index (χ1) is 15.9. The molecular weight excluding hydrogens is 440 g/mol. The van der Waals surface area contributed by atoms with E-state index >= 15 is 0 Å². The van der Waals surface area contributed by atoms with E-state index < -0.39 is 15.9 Å². The van der Waals surface area contributed by atoms with Crippen LogP contribution in [-0.2, 0) is 22.9 Å². The molecule has 3 aromatic rings. The Morgan fingerprint density at radius 3 is 2.52 bits per heavy atom. The summed E-state index contributed by atoms with van der Waals surface area (Å²) in [5, 5.41) is 10.6. The van der Waals surface area contributed by atoms with E-state index in [9.17, 15) is 13.2 Å².